The van der Waals surface area contributed by atoms with Crippen LogP contribution in [0.15, 0.2) is 61.1 Å². The largest absolute Gasteiger partial charge is 0.366 e. The second-order valence-electron chi connectivity index (χ2n) is 4.79. The van der Waals surface area contributed by atoms with Crippen LogP contribution in [0, 0.1) is 11.3 Å². The first-order chi connectivity index (χ1) is 11.3. The van der Waals surface area contributed by atoms with Gasteiger partial charge in [0.1, 0.15) is 5.82 Å². The van der Waals surface area contributed by atoms with Crippen molar-refractivity contribution in [3.63, 3.8) is 0 Å². The summed E-state index contributed by atoms with van der Waals surface area (Å²) >= 11 is 0. The summed E-state index contributed by atoms with van der Waals surface area (Å²) in [6.45, 7) is 0.656. The highest BCUT2D eigenvalue weighted by Crippen LogP contribution is 2.15. The van der Waals surface area contributed by atoms with E-state index >= 15 is 0 Å². The number of rotatable bonds is 5. The van der Waals surface area contributed by atoms with Crippen molar-refractivity contribution >= 4 is 17.5 Å². The molecule has 3 rings (SSSR count). The topological polar surface area (TPSA) is 86.5 Å². The van der Waals surface area contributed by atoms with E-state index in [0.29, 0.717) is 18.1 Å². The lowest BCUT2D eigenvalue weighted by Crippen LogP contribution is -2.04. The van der Waals surface area contributed by atoms with Crippen LogP contribution in [-0.2, 0) is 6.54 Å². The zero-order valence-electron chi connectivity index (χ0n) is 12.3. The van der Waals surface area contributed by atoms with E-state index in [1.165, 1.54) is 0 Å². The number of aromatic nitrogens is 3. The lowest BCUT2D eigenvalue weighted by Gasteiger charge is -2.08. The van der Waals surface area contributed by atoms with Crippen molar-refractivity contribution in [3.8, 4) is 6.07 Å². The maximum Gasteiger partial charge on any atom is 0.229 e. The maximum absolute atomic E-state index is 8.93. The number of anilines is 3. The average Bonchev–Trinajstić information content (AvgIpc) is 2.61. The Labute approximate surface area is 133 Å². The lowest BCUT2D eigenvalue weighted by atomic mass is 10.2. The highest BCUT2D eigenvalue weighted by molar-refractivity contribution is 5.57. The third kappa shape index (κ3) is 4.02. The third-order valence-electron chi connectivity index (χ3n) is 3.13. The van der Waals surface area contributed by atoms with E-state index in [2.05, 4.69) is 31.7 Å². The van der Waals surface area contributed by atoms with Crippen molar-refractivity contribution in [2.75, 3.05) is 10.6 Å². The molecule has 0 unspecified atom stereocenters. The fourth-order valence-electron chi connectivity index (χ4n) is 2.01. The Balaban J connectivity index is 1.68. The molecule has 23 heavy (non-hydrogen) atoms. The molecule has 0 radical (unpaired) electrons. The average molecular weight is 302 g/mol. The van der Waals surface area contributed by atoms with Crippen LogP contribution in [0.2, 0.25) is 0 Å². The standard InChI is InChI=1S/C17H14N6/c18-11-14-2-1-3-15(10-14)22-17-20-9-6-16(23-17)21-12-13-4-7-19-8-5-13/h1-10H,12H2,(H2,20,21,22,23). The van der Waals surface area contributed by atoms with Crippen molar-refractivity contribution < 1.29 is 0 Å². The molecule has 1 aromatic carbocycles. The summed E-state index contributed by atoms with van der Waals surface area (Å²) in [5.74, 6) is 1.19. The minimum absolute atomic E-state index is 0.472. The number of nitriles is 1. The van der Waals surface area contributed by atoms with E-state index < -0.39 is 0 Å². The van der Waals surface area contributed by atoms with Gasteiger partial charge in [-0.25, -0.2) is 4.98 Å². The van der Waals surface area contributed by atoms with Crippen LogP contribution in [0.25, 0.3) is 0 Å². The molecule has 0 aliphatic rings. The van der Waals surface area contributed by atoms with Crippen LogP contribution in [0.5, 0.6) is 0 Å². The molecule has 0 bridgehead atoms. The predicted molar refractivity (Wildman–Crippen MR) is 88.0 cm³/mol. The fourth-order valence-corrected chi connectivity index (χ4v) is 2.01. The van der Waals surface area contributed by atoms with E-state index in [9.17, 15) is 0 Å². The highest BCUT2D eigenvalue weighted by Gasteiger charge is 2.01. The van der Waals surface area contributed by atoms with Crippen LogP contribution in [0.1, 0.15) is 11.1 Å². The van der Waals surface area contributed by atoms with Gasteiger partial charge in [0.25, 0.3) is 0 Å². The molecule has 0 spiro atoms. The Kier molecular flexibility index (Phi) is 4.41. The molecule has 0 aliphatic carbocycles. The Morgan fingerprint density at radius 3 is 2.74 bits per heavy atom. The predicted octanol–water partition coefficient (Wildman–Crippen LogP) is 3.10. The van der Waals surface area contributed by atoms with Crippen LogP contribution >= 0.6 is 0 Å². The number of pyridine rings is 1. The summed E-state index contributed by atoms with van der Waals surface area (Å²) in [4.78, 5) is 12.6. The van der Waals surface area contributed by atoms with E-state index in [4.69, 9.17) is 5.26 Å². The molecule has 6 heteroatoms. The Morgan fingerprint density at radius 2 is 1.91 bits per heavy atom. The number of nitrogens with zero attached hydrogens (tertiary/aromatic N) is 4. The quantitative estimate of drug-likeness (QED) is 0.753. The molecule has 6 nitrogen and oxygen atoms in total. The molecule has 2 aromatic heterocycles. The fraction of sp³-hybridized carbons (Fsp3) is 0.0588. The molecular weight excluding hydrogens is 288 g/mol. The minimum Gasteiger partial charge on any atom is -0.366 e. The highest BCUT2D eigenvalue weighted by atomic mass is 15.1. The smallest absolute Gasteiger partial charge is 0.229 e. The molecule has 0 amide bonds. The van der Waals surface area contributed by atoms with Crippen LogP contribution < -0.4 is 10.6 Å². The van der Waals surface area contributed by atoms with Gasteiger partial charge in [-0.3, -0.25) is 4.98 Å². The van der Waals surface area contributed by atoms with Gasteiger partial charge in [-0.05, 0) is 42.0 Å². The van der Waals surface area contributed by atoms with Crippen molar-refractivity contribution in [2.24, 2.45) is 0 Å². The van der Waals surface area contributed by atoms with Gasteiger partial charge in [0.05, 0.1) is 11.6 Å². The Hall–Kier alpha value is -3.46. The zero-order chi connectivity index (χ0) is 15.9. The molecule has 0 saturated heterocycles. The van der Waals surface area contributed by atoms with Gasteiger partial charge in [0.2, 0.25) is 5.95 Å². The number of hydrogen-bond donors (Lipinski definition) is 2. The van der Waals surface area contributed by atoms with Crippen LogP contribution in [0.4, 0.5) is 17.5 Å². The monoisotopic (exact) mass is 302 g/mol. The van der Waals surface area contributed by atoms with E-state index in [-0.39, 0.29) is 0 Å². The summed E-state index contributed by atoms with van der Waals surface area (Å²) in [5, 5.41) is 15.3. The number of hydrogen-bond acceptors (Lipinski definition) is 6. The first-order valence-corrected chi connectivity index (χ1v) is 7.06. The number of benzene rings is 1. The molecule has 2 heterocycles. The first-order valence-electron chi connectivity index (χ1n) is 7.06. The number of nitrogens with one attached hydrogen (secondary N) is 2. The minimum atomic E-state index is 0.472. The van der Waals surface area contributed by atoms with Crippen LogP contribution in [0.3, 0.4) is 0 Å². The normalized spacial score (nSPS) is 9.87. The van der Waals surface area contributed by atoms with Gasteiger partial charge in [0, 0.05) is 30.8 Å². The first kappa shape index (κ1) is 14.5. The summed E-state index contributed by atoms with van der Waals surface area (Å²) in [5.41, 5.74) is 2.48. The van der Waals surface area contributed by atoms with Gasteiger partial charge in [0.15, 0.2) is 0 Å². The van der Waals surface area contributed by atoms with Crippen molar-refractivity contribution in [2.45, 2.75) is 6.54 Å². The molecule has 0 atom stereocenters. The summed E-state index contributed by atoms with van der Waals surface area (Å²) in [7, 11) is 0. The van der Waals surface area contributed by atoms with E-state index in [0.717, 1.165) is 17.1 Å². The summed E-state index contributed by atoms with van der Waals surface area (Å²) < 4.78 is 0. The van der Waals surface area contributed by atoms with Crippen molar-refractivity contribution in [1.82, 2.24) is 15.0 Å². The molecule has 0 saturated carbocycles. The maximum atomic E-state index is 8.93. The van der Waals surface area contributed by atoms with Crippen molar-refractivity contribution in [1.29, 1.82) is 5.26 Å². The van der Waals surface area contributed by atoms with Gasteiger partial charge in [-0.2, -0.15) is 10.2 Å². The van der Waals surface area contributed by atoms with Gasteiger partial charge >= 0.3 is 0 Å². The molecule has 2 N–H and O–H groups in total. The molecule has 0 fully saturated rings. The SMILES string of the molecule is N#Cc1cccc(Nc2nccc(NCc3ccncc3)n2)c1. The summed E-state index contributed by atoms with van der Waals surface area (Å²) in [6.07, 6.45) is 5.19. The van der Waals surface area contributed by atoms with Crippen molar-refractivity contribution in [3.05, 3.63) is 72.2 Å². The second-order valence-corrected chi connectivity index (χ2v) is 4.79. The Bertz CT molecular complexity index is 826. The van der Waals surface area contributed by atoms with E-state index in [1.807, 2.05) is 24.3 Å². The van der Waals surface area contributed by atoms with Crippen LogP contribution in [-0.4, -0.2) is 15.0 Å². The lowest BCUT2D eigenvalue weighted by molar-refractivity contribution is 1.08. The second kappa shape index (κ2) is 7.00. The molecule has 0 aliphatic heterocycles. The molecular formula is C17H14N6. The Morgan fingerprint density at radius 1 is 1.04 bits per heavy atom. The third-order valence-corrected chi connectivity index (χ3v) is 3.13. The molecule has 3 aromatic rings. The molecule has 112 valence electrons. The zero-order valence-corrected chi connectivity index (χ0v) is 12.3. The van der Waals surface area contributed by atoms with Gasteiger partial charge in [-0.1, -0.05) is 6.07 Å². The van der Waals surface area contributed by atoms with E-state index in [1.54, 1.807) is 36.8 Å². The van der Waals surface area contributed by atoms with Gasteiger partial charge in [-0.15, -0.1) is 0 Å². The summed E-state index contributed by atoms with van der Waals surface area (Å²) in [6, 6.07) is 15.0. The van der Waals surface area contributed by atoms with Gasteiger partial charge < -0.3 is 10.6 Å².